The molecule has 0 heterocycles. The first-order valence-electron chi connectivity index (χ1n) is 7.42. The Kier molecular flexibility index (Phi) is 9.02. The molecule has 19 heavy (non-hydrogen) atoms. The van der Waals surface area contributed by atoms with Crippen molar-refractivity contribution >= 4 is 5.91 Å². The second-order valence-electron chi connectivity index (χ2n) is 6.61. The zero-order chi connectivity index (χ0) is 14.9. The van der Waals surface area contributed by atoms with Crippen molar-refractivity contribution in [3.63, 3.8) is 0 Å². The van der Waals surface area contributed by atoms with Gasteiger partial charge in [-0.15, -0.1) is 0 Å². The van der Waals surface area contributed by atoms with Crippen LogP contribution in [0.15, 0.2) is 0 Å². The number of nitrogens with one attached hydrogen (secondary N) is 1. The molecule has 1 amide bonds. The maximum absolute atomic E-state index is 12.1. The fraction of sp³-hybridized carbons (Fsp3) is 0.933. The lowest BCUT2D eigenvalue weighted by Gasteiger charge is -2.25. The van der Waals surface area contributed by atoms with E-state index in [1.165, 1.54) is 0 Å². The summed E-state index contributed by atoms with van der Waals surface area (Å²) >= 11 is 0. The van der Waals surface area contributed by atoms with Crippen LogP contribution in [0.5, 0.6) is 0 Å². The van der Waals surface area contributed by atoms with E-state index >= 15 is 0 Å². The molecule has 2 atom stereocenters. The monoisotopic (exact) mass is 272 g/mol. The van der Waals surface area contributed by atoms with Crippen molar-refractivity contribution in [3.05, 3.63) is 0 Å². The molecule has 0 saturated heterocycles. The van der Waals surface area contributed by atoms with Gasteiger partial charge in [0.1, 0.15) is 0 Å². The van der Waals surface area contributed by atoms with Crippen molar-refractivity contribution < 1.29 is 9.90 Å². The number of hydrogen-bond donors (Lipinski definition) is 3. The predicted molar refractivity (Wildman–Crippen MR) is 79.7 cm³/mol. The highest BCUT2D eigenvalue weighted by molar-refractivity contribution is 5.78. The summed E-state index contributed by atoms with van der Waals surface area (Å²) in [7, 11) is 0. The second-order valence-corrected chi connectivity index (χ2v) is 6.61. The van der Waals surface area contributed by atoms with Gasteiger partial charge in [0.05, 0.1) is 5.92 Å². The van der Waals surface area contributed by atoms with Gasteiger partial charge in [0.2, 0.25) is 5.91 Å². The Balaban J connectivity index is 4.24. The Labute approximate surface area is 118 Å². The SMILES string of the molecule is CCCC(CCO)CNC(=O)C(CN)CC(C)(C)C. The minimum absolute atomic E-state index is 0.0523. The van der Waals surface area contributed by atoms with Crippen LogP contribution < -0.4 is 11.1 Å². The van der Waals surface area contributed by atoms with Gasteiger partial charge in [-0.1, -0.05) is 34.1 Å². The van der Waals surface area contributed by atoms with Crippen LogP contribution in [0.2, 0.25) is 0 Å². The molecule has 0 saturated carbocycles. The second kappa shape index (κ2) is 9.32. The number of nitrogens with two attached hydrogens (primary N) is 1. The van der Waals surface area contributed by atoms with Crippen LogP contribution in [0.1, 0.15) is 53.4 Å². The molecule has 4 heteroatoms. The highest BCUT2D eigenvalue weighted by Gasteiger charge is 2.24. The smallest absolute Gasteiger partial charge is 0.224 e. The average molecular weight is 272 g/mol. The van der Waals surface area contributed by atoms with Gasteiger partial charge in [0.15, 0.2) is 0 Å². The number of carbonyl (C=O) groups excluding carboxylic acids is 1. The molecule has 2 unspecified atom stereocenters. The summed E-state index contributed by atoms with van der Waals surface area (Å²) in [6.07, 6.45) is 3.66. The predicted octanol–water partition coefficient (Wildman–Crippen LogP) is 1.91. The minimum atomic E-state index is -0.114. The number of aliphatic hydroxyl groups is 1. The van der Waals surface area contributed by atoms with Crippen molar-refractivity contribution in [2.24, 2.45) is 23.0 Å². The van der Waals surface area contributed by atoms with Crippen LogP contribution >= 0.6 is 0 Å². The van der Waals surface area contributed by atoms with Gasteiger partial charge < -0.3 is 16.2 Å². The van der Waals surface area contributed by atoms with E-state index in [4.69, 9.17) is 10.8 Å². The lowest BCUT2D eigenvalue weighted by Crippen LogP contribution is -2.39. The summed E-state index contributed by atoms with van der Waals surface area (Å²) < 4.78 is 0. The van der Waals surface area contributed by atoms with Gasteiger partial charge in [0.25, 0.3) is 0 Å². The third kappa shape index (κ3) is 9.00. The molecule has 0 rings (SSSR count). The number of carbonyl (C=O) groups is 1. The third-order valence-electron chi connectivity index (χ3n) is 3.31. The first-order chi connectivity index (χ1) is 8.84. The molecule has 0 aromatic carbocycles. The molecule has 0 aliphatic carbocycles. The normalized spacial score (nSPS) is 15.1. The number of rotatable bonds is 9. The third-order valence-corrected chi connectivity index (χ3v) is 3.31. The van der Waals surface area contributed by atoms with E-state index in [1.54, 1.807) is 0 Å². The van der Waals surface area contributed by atoms with Crippen LogP contribution in [-0.2, 0) is 4.79 Å². The van der Waals surface area contributed by atoms with Crippen molar-refractivity contribution in [1.82, 2.24) is 5.32 Å². The molecule has 0 bridgehead atoms. The molecule has 0 fully saturated rings. The van der Waals surface area contributed by atoms with E-state index < -0.39 is 0 Å². The standard InChI is InChI=1S/C15H32N2O2/c1-5-6-12(7-8-18)11-17-14(19)13(10-16)9-15(2,3)4/h12-13,18H,5-11,16H2,1-4H3,(H,17,19). The number of aliphatic hydroxyl groups excluding tert-OH is 1. The van der Waals surface area contributed by atoms with Gasteiger partial charge in [-0.05, 0) is 30.6 Å². The Morgan fingerprint density at radius 1 is 1.32 bits per heavy atom. The summed E-state index contributed by atoms with van der Waals surface area (Å²) in [5.41, 5.74) is 5.81. The van der Waals surface area contributed by atoms with Gasteiger partial charge >= 0.3 is 0 Å². The quantitative estimate of drug-likeness (QED) is 0.600. The topological polar surface area (TPSA) is 75.3 Å². The molecule has 114 valence electrons. The zero-order valence-corrected chi connectivity index (χ0v) is 13.0. The molecule has 0 aliphatic rings. The first-order valence-corrected chi connectivity index (χ1v) is 7.42. The summed E-state index contributed by atoms with van der Waals surface area (Å²) in [5, 5.41) is 12.0. The number of hydrogen-bond acceptors (Lipinski definition) is 3. The van der Waals surface area contributed by atoms with Crippen LogP contribution in [0.25, 0.3) is 0 Å². The van der Waals surface area contributed by atoms with Gasteiger partial charge in [-0.25, -0.2) is 0 Å². The van der Waals surface area contributed by atoms with Gasteiger partial charge in [0, 0.05) is 19.7 Å². The van der Waals surface area contributed by atoms with Crippen LogP contribution in [-0.4, -0.2) is 30.7 Å². The summed E-state index contributed by atoms with van der Waals surface area (Å²) in [4.78, 5) is 12.1. The largest absolute Gasteiger partial charge is 0.396 e. The van der Waals surface area contributed by atoms with E-state index in [1.807, 2.05) is 0 Å². The minimum Gasteiger partial charge on any atom is -0.396 e. The summed E-state index contributed by atoms with van der Waals surface area (Å²) in [6.45, 7) is 9.70. The molecule has 0 radical (unpaired) electrons. The van der Waals surface area contributed by atoms with Crippen molar-refractivity contribution in [1.29, 1.82) is 0 Å². The lowest BCUT2D eigenvalue weighted by atomic mass is 9.84. The van der Waals surface area contributed by atoms with E-state index in [9.17, 15) is 4.79 Å². The fourth-order valence-electron chi connectivity index (χ4n) is 2.35. The van der Waals surface area contributed by atoms with Crippen molar-refractivity contribution in [2.75, 3.05) is 19.7 Å². The Hall–Kier alpha value is -0.610. The van der Waals surface area contributed by atoms with E-state index in [0.717, 1.165) is 25.7 Å². The highest BCUT2D eigenvalue weighted by atomic mass is 16.3. The zero-order valence-electron chi connectivity index (χ0n) is 13.0. The first kappa shape index (κ1) is 18.4. The fourth-order valence-corrected chi connectivity index (χ4v) is 2.35. The molecule has 0 aliphatic heterocycles. The molecule has 4 N–H and O–H groups in total. The van der Waals surface area contributed by atoms with Crippen molar-refractivity contribution in [3.8, 4) is 0 Å². The molecule has 0 aromatic rings. The molecular weight excluding hydrogens is 240 g/mol. The lowest BCUT2D eigenvalue weighted by molar-refractivity contribution is -0.125. The molecule has 0 aromatic heterocycles. The van der Waals surface area contributed by atoms with Crippen molar-refractivity contribution in [2.45, 2.75) is 53.4 Å². The Morgan fingerprint density at radius 2 is 1.95 bits per heavy atom. The average Bonchev–Trinajstić information content (AvgIpc) is 2.32. The van der Waals surface area contributed by atoms with Gasteiger partial charge in [-0.2, -0.15) is 0 Å². The highest BCUT2D eigenvalue weighted by Crippen LogP contribution is 2.24. The van der Waals surface area contributed by atoms with Crippen LogP contribution in [0, 0.1) is 17.3 Å². The van der Waals surface area contributed by atoms with Gasteiger partial charge in [-0.3, -0.25) is 4.79 Å². The Bertz CT molecular complexity index is 243. The van der Waals surface area contributed by atoms with Crippen LogP contribution in [0.3, 0.4) is 0 Å². The number of amides is 1. The van der Waals surface area contributed by atoms with Crippen LogP contribution in [0.4, 0.5) is 0 Å². The summed E-state index contributed by atoms with van der Waals surface area (Å²) in [6, 6.07) is 0. The maximum atomic E-state index is 12.1. The molecule has 4 nitrogen and oxygen atoms in total. The Morgan fingerprint density at radius 3 is 2.37 bits per heavy atom. The molecule has 0 spiro atoms. The molecular formula is C15H32N2O2. The maximum Gasteiger partial charge on any atom is 0.224 e. The van der Waals surface area contributed by atoms with E-state index in [2.05, 4.69) is 33.0 Å². The van der Waals surface area contributed by atoms with E-state index in [0.29, 0.717) is 19.0 Å². The van der Waals surface area contributed by atoms with E-state index in [-0.39, 0.29) is 23.8 Å². The summed E-state index contributed by atoms with van der Waals surface area (Å²) in [5.74, 6) is 0.305.